The lowest BCUT2D eigenvalue weighted by molar-refractivity contribution is 0.0615. The summed E-state index contributed by atoms with van der Waals surface area (Å²) in [5.74, 6) is 0.689. The second kappa shape index (κ2) is 6.23. The van der Waals surface area contributed by atoms with Crippen molar-refractivity contribution in [2.75, 3.05) is 25.6 Å². The van der Waals surface area contributed by atoms with Crippen LogP contribution in [0.5, 0.6) is 0 Å². The molecule has 1 aromatic rings. The first kappa shape index (κ1) is 13.5. The molecule has 0 saturated carbocycles. The van der Waals surface area contributed by atoms with Crippen molar-refractivity contribution in [3.63, 3.8) is 0 Å². The lowest BCUT2D eigenvalue weighted by Crippen LogP contribution is -2.19. The highest BCUT2D eigenvalue weighted by Crippen LogP contribution is 2.17. The van der Waals surface area contributed by atoms with Gasteiger partial charge < -0.3 is 15.2 Å². The Bertz CT molecular complexity index is 408. The van der Waals surface area contributed by atoms with Crippen LogP contribution in [0.4, 0.5) is 5.82 Å². The van der Waals surface area contributed by atoms with Gasteiger partial charge in [-0.3, -0.25) is 4.68 Å². The fourth-order valence-electron chi connectivity index (χ4n) is 1.63. The minimum Gasteiger partial charge on any atom is -0.391 e. The van der Waals surface area contributed by atoms with E-state index in [1.165, 1.54) is 0 Å². The van der Waals surface area contributed by atoms with Gasteiger partial charge in [0.25, 0.3) is 0 Å². The number of aromatic nitrogens is 2. The van der Waals surface area contributed by atoms with E-state index in [1.54, 1.807) is 25.8 Å². The zero-order valence-corrected chi connectivity index (χ0v) is 10.4. The molecule has 6 nitrogen and oxygen atoms in total. The number of aryl methyl sites for hydroxylation is 2. The number of hydrogen-bond acceptors (Lipinski definition) is 5. The third kappa shape index (κ3) is 3.44. The van der Waals surface area contributed by atoms with Crippen LogP contribution in [-0.4, -0.2) is 41.3 Å². The summed E-state index contributed by atoms with van der Waals surface area (Å²) in [6.07, 6.45) is 0.0653. The lowest BCUT2D eigenvalue weighted by atomic mass is 10.2. The van der Waals surface area contributed by atoms with Gasteiger partial charge in [-0.15, -0.1) is 0 Å². The molecule has 1 unspecified atom stereocenters. The van der Waals surface area contributed by atoms with Crippen LogP contribution in [0.1, 0.15) is 17.7 Å². The normalized spacial score (nSPS) is 12.2. The van der Waals surface area contributed by atoms with Crippen LogP contribution in [0.3, 0.4) is 0 Å². The molecular weight excluding hydrogens is 220 g/mol. The minimum atomic E-state index is -0.493. The topological polar surface area (TPSA) is 83.1 Å². The van der Waals surface area contributed by atoms with Crippen molar-refractivity contribution in [2.24, 2.45) is 7.05 Å². The SMILES string of the molecule is COCC(O)CCNc1c(C#N)c(C)nn1C. The van der Waals surface area contributed by atoms with E-state index in [2.05, 4.69) is 16.5 Å². The highest BCUT2D eigenvalue weighted by molar-refractivity contribution is 5.54. The number of methoxy groups -OCH3 is 1. The number of hydrogen-bond donors (Lipinski definition) is 2. The number of aliphatic hydroxyl groups is 1. The maximum absolute atomic E-state index is 9.48. The van der Waals surface area contributed by atoms with E-state index in [4.69, 9.17) is 10.00 Å². The number of nitrogens with one attached hydrogen (secondary N) is 1. The van der Waals surface area contributed by atoms with Gasteiger partial charge in [-0.05, 0) is 13.3 Å². The van der Waals surface area contributed by atoms with Crippen LogP contribution in [-0.2, 0) is 11.8 Å². The van der Waals surface area contributed by atoms with Gasteiger partial charge >= 0.3 is 0 Å². The maximum atomic E-state index is 9.48. The number of aliphatic hydroxyl groups excluding tert-OH is 1. The highest BCUT2D eigenvalue weighted by Gasteiger charge is 2.12. The maximum Gasteiger partial charge on any atom is 0.142 e. The van der Waals surface area contributed by atoms with Crippen molar-refractivity contribution >= 4 is 5.82 Å². The summed E-state index contributed by atoms with van der Waals surface area (Å²) in [5.41, 5.74) is 1.25. The van der Waals surface area contributed by atoms with Crippen molar-refractivity contribution in [3.8, 4) is 6.07 Å². The molecule has 2 N–H and O–H groups in total. The summed E-state index contributed by atoms with van der Waals surface area (Å²) in [6.45, 7) is 2.68. The molecule has 0 spiro atoms. The van der Waals surface area contributed by atoms with E-state index >= 15 is 0 Å². The Labute approximate surface area is 101 Å². The average molecular weight is 238 g/mol. The Kier molecular flexibility index (Phi) is 4.94. The first-order chi connectivity index (χ1) is 8.10. The van der Waals surface area contributed by atoms with Gasteiger partial charge in [-0.25, -0.2) is 0 Å². The minimum absolute atomic E-state index is 0.317. The number of anilines is 1. The summed E-state index contributed by atoms with van der Waals surface area (Å²) < 4.78 is 6.47. The molecule has 1 aromatic heterocycles. The van der Waals surface area contributed by atoms with Gasteiger partial charge in [0.2, 0.25) is 0 Å². The van der Waals surface area contributed by atoms with E-state index in [9.17, 15) is 5.11 Å². The van der Waals surface area contributed by atoms with Crippen molar-refractivity contribution < 1.29 is 9.84 Å². The number of nitrogens with zero attached hydrogens (tertiary/aromatic N) is 3. The van der Waals surface area contributed by atoms with Crippen LogP contribution in [0, 0.1) is 18.3 Å². The van der Waals surface area contributed by atoms with Crippen molar-refractivity contribution in [1.29, 1.82) is 5.26 Å². The third-order valence-electron chi connectivity index (χ3n) is 2.46. The van der Waals surface area contributed by atoms with E-state index in [0.29, 0.717) is 36.6 Å². The molecule has 0 radical (unpaired) electrons. The molecule has 1 rings (SSSR count). The predicted molar refractivity (Wildman–Crippen MR) is 63.6 cm³/mol. The Morgan fingerprint density at radius 2 is 2.35 bits per heavy atom. The van der Waals surface area contributed by atoms with E-state index in [0.717, 1.165) is 0 Å². The number of rotatable bonds is 6. The Morgan fingerprint density at radius 1 is 1.65 bits per heavy atom. The van der Waals surface area contributed by atoms with Crippen LogP contribution < -0.4 is 5.32 Å². The molecule has 0 aliphatic carbocycles. The molecule has 1 heterocycles. The van der Waals surface area contributed by atoms with Gasteiger partial charge in [0.15, 0.2) is 0 Å². The molecule has 0 saturated heterocycles. The van der Waals surface area contributed by atoms with Gasteiger partial charge in [-0.2, -0.15) is 10.4 Å². The zero-order chi connectivity index (χ0) is 12.8. The van der Waals surface area contributed by atoms with E-state index in [1.807, 2.05) is 0 Å². The van der Waals surface area contributed by atoms with Crippen LogP contribution in [0.25, 0.3) is 0 Å². The van der Waals surface area contributed by atoms with Crippen molar-refractivity contribution in [3.05, 3.63) is 11.3 Å². The summed E-state index contributed by atoms with van der Waals surface area (Å²) in [6, 6.07) is 2.11. The van der Waals surface area contributed by atoms with Crippen molar-refractivity contribution in [2.45, 2.75) is 19.4 Å². The first-order valence-electron chi connectivity index (χ1n) is 5.44. The Balaban J connectivity index is 2.55. The smallest absolute Gasteiger partial charge is 0.142 e. The second-order valence-electron chi connectivity index (χ2n) is 3.87. The second-order valence-corrected chi connectivity index (χ2v) is 3.87. The largest absolute Gasteiger partial charge is 0.391 e. The van der Waals surface area contributed by atoms with Gasteiger partial charge in [0.05, 0.1) is 18.4 Å². The Morgan fingerprint density at radius 3 is 2.94 bits per heavy atom. The van der Waals surface area contributed by atoms with Crippen LogP contribution in [0.15, 0.2) is 0 Å². The predicted octanol–water partition coefficient (Wildman–Crippen LogP) is 0.409. The average Bonchev–Trinajstić information content (AvgIpc) is 2.54. The van der Waals surface area contributed by atoms with Gasteiger partial charge in [0.1, 0.15) is 17.5 Å². The molecular formula is C11H18N4O2. The number of ether oxygens (including phenoxy) is 1. The summed E-state index contributed by atoms with van der Waals surface area (Å²) in [7, 11) is 3.33. The van der Waals surface area contributed by atoms with Crippen LogP contribution in [0.2, 0.25) is 0 Å². The molecule has 17 heavy (non-hydrogen) atoms. The molecule has 0 aromatic carbocycles. The fourth-order valence-corrected chi connectivity index (χ4v) is 1.63. The molecule has 0 aliphatic rings. The highest BCUT2D eigenvalue weighted by atomic mass is 16.5. The summed E-state index contributed by atoms with van der Waals surface area (Å²) in [5, 5.41) is 25.7. The summed E-state index contributed by atoms with van der Waals surface area (Å²) in [4.78, 5) is 0. The lowest BCUT2D eigenvalue weighted by Gasteiger charge is -2.11. The molecule has 0 amide bonds. The Hall–Kier alpha value is -1.58. The first-order valence-corrected chi connectivity index (χ1v) is 5.44. The van der Waals surface area contributed by atoms with Gasteiger partial charge in [-0.1, -0.05) is 0 Å². The molecule has 6 heteroatoms. The molecule has 1 atom stereocenters. The quantitative estimate of drug-likeness (QED) is 0.750. The monoisotopic (exact) mass is 238 g/mol. The van der Waals surface area contributed by atoms with Crippen molar-refractivity contribution in [1.82, 2.24) is 9.78 Å². The molecule has 0 bridgehead atoms. The molecule has 94 valence electrons. The number of nitriles is 1. The molecule has 0 aliphatic heterocycles. The zero-order valence-electron chi connectivity index (χ0n) is 10.4. The fraction of sp³-hybridized carbons (Fsp3) is 0.636. The molecule has 0 fully saturated rings. The van der Waals surface area contributed by atoms with Gasteiger partial charge in [0, 0.05) is 20.7 Å². The summed E-state index contributed by atoms with van der Waals surface area (Å²) >= 11 is 0. The standard InChI is InChI=1S/C11H18N4O2/c1-8-10(6-12)11(15(2)14-8)13-5-4-9(16)7-17-3/h9,13,16H,4-5,7H2,1-3H3. The van der Waals surface area contributed by atoms with E-state index in [-0.39, 0.29) is 0 Å². The third-order valence-corrected chi connectivity index (χ3v) is 2.46. The van der Waals surface area contributed by atoms with Crippen LogP contribution >= 0.6 is 0 Å². The van der Waals surface area contributed by atoms with E-state index < -0.39 is 6.10 Å².